The van der Waals surface area contributed by atoms with Crippen LogP contribution in [0, 0.1) is 25.2 Å². The van der Waals surface area contributed by atoms with Gasteiger partial charge in [0.05, 0.1) is 12.2 Å². The van der Waals surface area contributed by atoms with E-state index in [0.717, 1.165) is 19.4 Å². The third kappa shape index (κ3) is 4.13. The molecule has 3 rings (SSSR count). The molecule has 0 bridgehead atoms. The molecule has 2 aliphatic rings. The highest BCUT2D eigenvalue weighted by Gasteiger charge is 2.38. The molecule has 0 radical (unpaired) electrons. The van der Waals surface area contributed by atoms with Crippen molar-refractivity contribution >= 4 is 17.3 Å². The van der Waals surface area contributed by atoms with Crippen LogP contribution in [-0.2, 0) is 11.3 Å². The summed E-state index contributed by atoms with van der Waals surface area (Å²) in [7, 11) is 0. The lowest BCUT2D eigenvalue weighted by molar-refractivity contribution is -0.138. The molecule has 1 aromatic rings. The molecule has 4 nitrogen and oxygen atoms in total. The van der Waals surface area contributed by atoms with Gasteiger partial charge in [0.1, 0.15) is 5.01 Å². The molecular weight excluding hydrogens is 308 g/mol. The van der Waals surface area contributed by atoms with E-state index in [9.17, 15) is 4.79 Å². The van der Waals surface area contributed by atoms with Gasteiger partial charge >= 0.3 is 5.97 Å². The molecule has 2 heterocycles. The van der Waals surface area contributed by atoms with Gasteiger partial charge in [-0.1, -0.05) is 0 Å². The molecule has 1 aliphatic carbocycles. The summed E-state index contributed by atoms with van der Waals surface area (Å²) in [6, 6.07) is 0. The topological polar surface area (TPSA) is 53.4 Å². The summed E-state index contributed by atoms with van der Waals surface area (Å²) in [5, 5.41) is 10.2. The summed E-state index contributed by atoms with van der Waals surface area (Å²) < 4.78 is 0. The normalized spacial score (nSPS) is 22.5. The number of rotatable bonds is 4. The fourth-order valence-electron chi connectivity index (χ4n) is 4.22. The number of hydrogen-bond donors (Lipinski definition) is 1. The molecule has 1 saturated carbocycles. The Kier molecular flexibility index (Phi) is 5.07. The number of aliphatic carboxylic acids is 1. The predicted octanol–water partition coefficient (Wildman–Crippen LogP) is 4.01. The Labute approximate surface area is 142 Å². The fourth-order valence-corrected chi connectivity index (χ4v) is 5.20. The van der Waals surface area contributed by atoms with E-state index in [1.807, 2.05) is 11.3 Å². The van der Waals surface area contributed by atoms with Gasteiger partial charge in [0, 0.05) is 11.3 Å². The molecular formula is C18H28N2O2S. The first kappa shape index (κ1) is 16.9. The first-order valence-electron chi connectivity index (χ1n) is 8.83. The van der Waals surface area contributed by atoms with Gasteiger partial charge in [-0.15, -0.1) is 11.3 Å². The first-order chi connectivity index (χ1) is 11.0. The van der Waals surface area contributed by atoms with Crippen LogP contribution in [0.3, 0.4) is 0 Å². The van der Waals surface area contributed by atoms with Crippen molar-refractivity contribution in [2.45, 2.75) is 65.3 Å². The SMILES string of the molecule is Cc1nc(CN2CCC3(CCC(CC(=O)O)CC3)CC2)sc1C. The average molecular weight is 337 g/mol. The molecule has 1 spiro atoms. The van der Waals surface area contributed by atoms with Crippen molar-refractivity contribution in [3.05, 3.63) is 15.6 Å². The van der Waals surface area contributed by atoms with E-state index >= 15 is 0 Å². The monoisotopic (exact) mass is 336 g/mol. The highest BCUT2D eigenvalue weighted by molar-refractivity contribution is 7.11. The van der Waals surface area contributed by atoms with Gasteiger partial charge in [-0.25, -0.2) is 4.98 Å². The number of aryl methyl sites for hydroxylation is 2. The van der Waals surface area contributed by atoms with Crippen LogP contribution in [0.25, 0.3) is 0 Å². The number of carbonyl (C=O) groups is 1. The molecule has 0 aromatic carbocycles. The van der Waals surface area contributed by atoms with E-state index in [1.165, 1.54) is 54.4 Å². The first-order valence-corrected chi connectivity index (χ1v) is 9.64. The quantitative estimate of drug-likeness (QED) is 0.903. The Bertz CT molecular complexity index is 532. The van der Waals surface area contributed by atoms with E-state index in [2.05, 4.69) is 23.7 Å². The summed E-state index contributed by atoms with van der Waals surface area (Å²) in [6.07, 6.45) is 7.59. The lowest BCUT2D eigenvalue weighted by atomic mass is 9.65. The number of piperidine rings is 1. The lowest BCUT2D eigenvalue weighted by Crippen LogP contribution is -2.41. The third-order valence-electron chi connectivity index (χ3n) is 5.98. The van der Waals surface area contributed by atoms with Crippen molar-refractivity contribution in [3.63, 3.8) is 0 Å². The van der Waals surface area contributed by atoms with Crippen molar-refractivity contribution in [2.75, 3.05) is 13.1 Å². The molecule has 2 fully saturated rings. The van der Waals surface area contributed by atoms with Crippen molar-refractivity contribution in [1.82, 2.24) is 9.88 Å². The number of carboxylic acid groups (broad SMARTS) is 1. The lowest BCUT2D eigenvalue weighted by Gasteiger charge is -2.45. The fraction of sp³-hybridized carbons (Fsp3) is 0.778. The van der Waals surface area contributed by atoms with Gasteiger partial charge in [0.15, 0.2) is 0 Å². The molecule has 0 unspecified atom stereocenters. The third-order valence-corrected chi connectivity index (χ3v) is 7.04. The summed E-state index contributed by atoms with van der Waals surface area (Å²) in [6.45, 7) is 7.58. The van der Waals surface area contributed by atoms with Crippen LogP contribution in [0.5, 0.6) is 0 Å². The van der Waals surface area contributed by atoms with Gasteiger partial charge in [0.2, 0.25) is 0 Å². The van der Waals surface area contributed by atoms with E-state index < -0.39 is 5.97 Å². The molecule has 5 heteroatoms. The Morgan fingerprint density at radius 3 is 2.43 bits per heavy atom. The Morgan fingerprint density at radius 1 is 1.26 bits per heavy atom. The smallest absolute Gasteiger partial charge is 0.303 e. The minimum atomic E-state index is -0.630. The Hall–Kier alpha value is -0.940. The summed E-state index contributed by atoms with van der Waals surface area (Å²) in [5.74, 6) is -0.216. The minimum Gasteiger partial charge on any atom is -0.481 e. The largest absolute Gasteiger partial charge is 0.481 e. The molecule has 1 N–H and O–H groups in total. The summed E-state index contributed by atoms with van der Waals surface area (Å²) in [5.41, 5.74) is 1.68. The molecule has 0 atom stereocenters. The van der Waals surface area contributed by atoms with Crippen LogP contribution in [0.15, 0.2) is 0 Å². The number of nitrogens with zero attached hydrogens (tertiary/aromatic N) is 2. The maximum atomic E-state index is 10.9. The molecule has 1 aliphatic heterocycles. The second-order valence-electron chi connectivity index (χ2n) is 7.57. The van der Waals surface area contributed by atoms with Crippen molar-refractivity contribution in [1.29, 1.82) is 0 Å². The van der Waals surface area contributed by atoms with Crippen LogP contribution in [-0.4, -0.2) is 34.0 Å². The number of carboxylic acids is 1. The second-order valence-corrected chi connectivity index (χ2v) is 8.85. The van der Waals surface area contributed by atoms with Crippen molar-refractivity contribution < 1.29 is 9.90 Å². The Morgan fingerprint density at radius 2 is 1.91 bits per heavy atom. The van der Waals surface area contributed by atoms with Crippen LogP contribution in [0.2, 0.25) is 0 Å². The molecule has 1 saturated heterocycles. The van der Waals surface area contributed by atoms with Gasteiger partial charge in [-0.05, 0) is 76.8 Å². The van der Waals surface area contributed by atoms with Gasteiger partial charge < -0.3 is 5.11 Å². The maximum Gasteiger partial charge on any atom is 0.303 e. The number of hydrogen-bond acceptors (Lipinski definition) is 4. The van der Waals surface area contributed by atoms with E-state index in [0.29, 0.717) is 17.8 Å². The zero-order chi connectivity index (χ0) is 16.4. The minimum absolute atomic E-state index is 0.366. The molecule has 128 valence electrons. The van der Waals surface area contributed by atoms with E-state index in [-0.39, 0.29) is 0 Å². The van der Waals surface area contributed by atoms with Crippen molar-refractivity contribution in [3.8, 4) is 0 Å². The van der Waals surface area contributed by atoms with E-state index in [1.54, 1.807) is 0 Å². The number of likely N-dealkylation sites (tertiary alicyclic amines) is 1. The Balaban J connectivity index is 1.48. The van der Waals surface area contributed by atoms with Crippen LogP contribution >= 0.6 is 11.3 Å². The summed E-state index contributed by atoms with van der Waals surface area (Å²) >= 11 is 1.83. The molecule has 1 aromatic heterocycles. The van der Waals surface area contributed by atoms with Crippen molar-refractivity contribution in [2.24, 2.45) is 11.3 Å². The zero-order valence-corrected chi connectivity index (χ0v) is 15.1. The number of thiazole rings is 1. The second kappa shape index (κ2) is 6.89. The highest BCUT2D eigenvalue weighted by Crippen LogP contribution is 2.47. The van der Waals surface area contributed by atoms with E-state index in [4.69, 9.17) is 5.11 Å². The predicted molar refractivity (Wildman–Crippen MR) is 92.7 cm³/mol. The molecule has 23 heavy (non-hydrogen) atoms. The van der Waals surface area contributed by atoms with Gasteiger partial charge in [0.25, 0.3) is 0 Å². The molecule has 0 amide bonds. The highest BCUT2D eigenvalue weighted by atomic mass is 32.1. The standard InChI is InChI=1S/C18H28N2O2S/c1-13-14(2)23-16(19-13)12-20-9-7-18(8-10-20)5-3-15(4-6-18)11-17(21)22/h15H,3-12H2,1-2H3,(H,21,22). The summed E-state index contributed by atoms with van der Waals surface area (Å²) in [4.78, 5) is 19.4. The average Bonchev–Trinajstić information content (AvgIpc) is 2.82. The zero-order valence-electron chi connectivity index (χ0n) is 14.3. The maximum absolute atomic E-state index is 10.9. The van der Waals surface area contributed by atoms with Crippen LogP contribution in [0.1, 0.15) is 60.5 Å². The van der Waals surface area contributed by atoms with Gasteiger partial charge in [-0.3, -0.25) is 9.69 Å². The van der Waals surface area contributed by atoms with Crippen LogP contribution < -0.4 is 0 Å². The number of aromatic nitrogens is 1. The van der Waals surface area contributed by atoms with Gasteiger partial charge in [-0.2, -0.15) is 0 Å². The van der Waals surface area contributed by atoms with Crippen LogP contribution in [0.4, 0.5) is 0 Å².